The predicted molar refractivity (Wildman–Crippen MR) is 101 cm³/mol. The number of halogens is 2. The van der Waals surface area contributed by atoms with Gasteiger partial charge in [-0.1, -0.05) is 42.1 Å². The van der Waals surface area contributed by atoms with Crippen LogP contribution in [0.1, 0.15) is 44.2 Å². The maximum atomic E-state index is 12.1. The van der Waals surface area contributed by atoms with E-state index in [4.69, 9.17) is 28.9 Å². The molecule has 5 nitrogen and oxygen atoms in total. The van der Waals surface area contributed by atoms with Gasteiger partial charge in [-0.05, 0) is 37.5 Å². The summed E-state index contributed by atoms with van der Waals surface area (Å²) in [4.78, 5) is 4.29. The molecule has 24 heavy (non-hydrogen) atoms. The molecule has 134 valence electrons. The second-order valence-electron chi connectivity index (χ2n) is 6.40. The first kappa shape index (κ1) is 19.3. The van der Waals surface area contributed by atoms with E-state index in [0.717, 1.165) is 18.4 Å². The lowest BCUT2D eigenvalue weighted by Gasteiger charge is -2.25. The molecule has 0 radical (unpaired) electrons. The van der Waals surface area contributed by atoms with Crippen LogP contribution in [0.2, 0.25) is 10.0 Å². The van der Waals surface area contributed by atoms with E-state index in [0.29, 0.717) is 22.9 Å². The lowest BCUT2D eigenvalue weighted by atomic mass is 10.1. The van der Waals surface area contributed by atoms with E-state index in [9.17, 15) is 8.42 Å². The molecule has 3 N–H and O–H groups in total. The SMILES string of the molecule is CC(NC(N)=NCC1(S(C)(=O)=O)CCCC1)c1ccc(Cl)cc1Cl. The first-order valence-electron chi connectivity index (χ1n) is 7.86. The average molecular weight is 392 g/mol. The van der Waals surface area contributed by atoms with E-state index in [2.05, 4.69) is 10.3 Å². The van der Waals surface area contributed by atoms with E-state index in [-0.39, 0.29) is 18.5 Å². The Hall–Kier alpha value is -0.980. The largest absolute Gasteiger partial charge is 0.370 e. The van der Waals surface area contributed by atoms with Crippen LogP contribution < -0.4 is 11.1 Å². The normalized spacial score (nSPS) is 19.2. The molecule has 1 aromatic carbocycles. The number of nitrogens with one attached hydrogen (secondary N) is 1. The molecule has 0 bridgehead atoms. The fourth-order valence-corrected chi connectivity index (χ4v) is 4.99. The zero-order valence-corrected chi connectivity index (χ0v) is 16.2. The summed E-state index contributed by atoms with van der Waals surface area (Å²) >= 11 is 12.1. The third-order valence-corrected chi connectivity index (χ3v) is 7.31. The maximum Gasteiger partial charge on any atom is 0.189 e. The molecule has 0 spiro atoms. The minimum absolute atomic E-state index is 0.170. The number of nitrogens with zero attached hydrogens (tertiary/aromatic N) is 1. The Morgan fingerprint density at radius 3 is 2.54 bits per heavy atom. The molecule has 0 amide bonds. The zero-order valence-electron chi connectivity index (χ0n) is 13.9. The summed E-state index contributed by atoms with van der Waals surface area (Å²) in [5.41, 5.74) is 6.79. The van der Waals surface area contributed by atoms with Crippen molar-refractivity contribution in [2.75, 3.05) is 12.8 Å². The van der Waals surface area contributed by atoms with Gasteiger partial charge in [0.15, 0.2) is 15.8 Å². The molecular weight excluding hydrogens is 369 g/mol. The Balaban J connectivity index is 2.08. The molecule has 1 fully saturated rings. The van der Waals surface area contributed by atoms with Gasteiger partial charge in [-0.3, -0.25) is 4.99 Å². The van der Waals surface area contributed by atoms with Crippen molar-refractivity contribution in [3.63, 3.8) is 0 Å². The van der Waals surface area contributed by atoms with Crippen molar-refractivity contribution < 1.29 is 8.42 Å². The van der Waals surface area contributed by atoms with Gasteiger partial charge in [-0.2, -0.15) is 0 Å². The quantitative estimate of drug-likeness (QED) is 0.595. The van der Waals surface area contributed by atoms with Gasteiger partial charge < -0.3 is 11.1 Å². The second-order valence-corrected chi connectivity index (χ2v) is 9.65. The summed E-state index contributed by atoms with van der Waals surface area (Å²) in [7, 11) is -3.18. The second kappa shape index (κ2) is 7.50. The Kier molecular flexibility index (Phi) is 6.04. The topological polar surface area (TPSA) is 84.5 Å². The maximum absolute atomic E-state index is 12.1. The van der Waals surface area contributed by atoms with Crippen LogP contribution >= 0.6 is 23.2 Å². The number of aliphatic imine (C=N–C) groups is 1. The highest BCUT2D eigenvalue weighted by atomic mass is 35.5. The van der Waals surface area contributed by atoms with Crippen molar-refractivity contribution in [3.8, 4) is 0 Å². The Morgan fingerprint density at radius 1 is 1.38 bits per heavy atom. The highest BCUT2D eigenvalue weighted by Crippen LogP contribution is 2.36. The van der Waals surface area contributed by atoms with Crippen molar-refractivity contribution >= 4 is 39.0 Å². The van der Waals surface area contributed by atoms with E-state index in [1.54, 1.807) is 12.1 Å². The molecule has 1 aliphatic rings. The van der Waals surface area contributed by atoms with Gasteiger partial charge in [0.2, 0.25) is 0 Å². The predicted octanol–water partition coefficient (Wildman–Crippen LogP) is 3.32. The minimum Gasteiger partial charge on any atom is -0.370 e. The lowest BCUT2D eigenvalue weighted by molar-refractivity contribution is 0.520. The van der Waals surface area contributed by atoms with Crippen molar-refractivity contribution in [2.24, 2.45) is 10.7 Å². The molecule has 1 unspecified atom stereocenters. The van der Waals surface area contributed by atoms with Crippen LogP contribution in [-0.4, -0.2) is 31.9 Å². The van der Waals surface area contributed by atoms with Crippen LogP contribution in [0, 0.1) is 0 Å². The van der Waals surface area contributed by atoms with Gasteiger partial charge in [0.05, 0.1) is 17.3 Å². The van der Waals surface area contributed by atoms with Crippen LogP contribution in [0.3, 0.4) is 0 Å². The highest BCUT2D eigenvalue weighted by molar-refractivity contribution is 7.92. The summed E-state index contributed by atoms with van der Waals surface area (Å²) in [6.45, 7) is 2.09. The fraction of sp³-hybridized carbons (Fsp3) is 0.562. The summed E-state index contributed by atoms with van der Waals surface area (Å²) in [5, 5.41) is 4.16. The van der Waals surface area contributed by atoms with Crippen LogP contribution in [0.5, 0.6) is 0 Å². The molecule has 0 heterocycles. The van der Waals surface area contributed by atoms with Gasteiger partial charge in [-0.15, -0.1) is 0 Å². The number of rotatable bonds is 5. The Bertz CT molecular complexity index is 729. The number of hydrogen-bond donors (Lipinski definition) is 2. The fourth-order valence-electron chi connectivity index (χ4n) is 3.09. The molecule has 0 aliphatic heterocycles. The molecule has 1 aliphatic carbocycles. The van der Waals surface area contributed by atoms with E-state index < -0.39 is 14.6 Å². The molecule has 0 aromatic heterocycles. The molecule has 1 saturated carbocycles. The molecule has 1 aromatic rings. The number of sulfone groups is 1. The summed E-state index contributed by atoms with van der Waals surface area (Å²) < 4.78 is 23.5. The van der Waals surface area contributed by atoms with Gasteiger partial charge in [-0.25, -0.2) is 8.42 Å². The summed E-state index contributed by atoms with van der Waals surface area (Å²) in [5.74, 6) is 0.212. The van der Waals surface area contributed by atoms with Crippen molar-refractivity contribution in [1.29, 1.82) is 0 Å². The standard InChI is InChI=1S/C16H23Cl2N3O2S/c1-11(13-6-5-12(17)9-14(13)18)21-15(19)20-10-16(24(2,22)23)7-3-4-8-16/h5-6,9,11H,3-4,7-8,10H2,1-2H3,(H3,19,20,21). The van der Waals surface area contributed by atoms with E-state index >= 15 is 0 Å². The molecule has 1 atom stereocenters. The number of nitrogens with two attached hydrogens (primary N) is 1. The molecular formula is C16H23Cl2N3O2S. The molecule has 8 heteroatoms. The molecule has 0 saturated heterocycles. The number of guanidine groups is 1. The summed E-state index contributed by atoms with van der Waals surface area (Å²) in [6.07, 6.45) is 4.38. The van der Waals surface area contributed by atoms with Crippen LogP contribution in [0.4, 0.5) is 0 Å². The van der Waals surface area contributed by atoms with Crippen LogP contribution in [0.25, 0.3) is 0 Å². The average Bonchev–Trinajstić information content (AvgIpc) is 2.94. The zero-order chi connectivity index (χ0) is 18.0. The monoisotopic (exact) mass is 391 g/mol. The Labute approximate surface area is 153 Å². The van der Waals surface area contributed by atoms with E-state index in [1.165, 1.54) is 6.26 Å². The van der Waals surface area contributed by atoms with Crippen LogP contribution in [0.15, 0.2) is 23.2 Å². The van der Waals surface area contributed by atoms with Gasteiger partial charge in [0, 0.05) is 16.3 Å². The van der Waals surface area contributed by atoms with Gasteiger partial charge in [0.25, 0.3) is 0 Å². The third-order valence-electron chi connectivity index (χ3n) is 4.63. The smallest absolute Gasteiger partial charge is 0.189 e. The Morgan fingerprint density at radius 2 is 2.00 bits per heavy atom. The minimum atomic E-state index is -3.18. The van der Waals surface area contributed by atoms with Crippen molar-refractivity contribution in [3.05, 3.63) is 33.8 Å². The van der Waals surface area contributed by atoms with Crippen LogP contribution in [-0.2, 0) is 9.84 Å². The lowest BCUT2D eigenvalue weighted by Crippen LogP contribution is -2.41. The first-order valence-corrected chi connectivity index (χ1v) is 10.5. The highest BCUT2D eigenvalue weighted by Gasteiger charge is 2.43. The number of hydrogen-bond acceptors (Lipinski definition) is 3. The van der Waals surface area contributed by atoms with Gasteiger partial charge in [0.1, 0.15) is 0 Å². The van der Waals surface area contributed by atoms with Crippen molar-refractivity contribution in [1.82, 2.24) is 5.32 Å². The van der Waals surface area contributed by atoms with Crippen molar-refractivity contribution in [2.45, 2.75) is 43.4 Å². The van der Waals surface area contributed by atoms with Gasteiger partial charge >= 0.3 is 0 Å². The summed E-state index contributed by atoms with van der Waals surface area (Å²) in [6, 6.07) is 5.08. The third kappa shape index (κ3) is 4.35. The number of benzene rings is 1. The van der Waals surface area contributed by atoms with E-state index in [1.807, 2.05) is 13.0 Å². The molecule has 2 rings (SSSR count). The first-order chi connectivity index (χ1) is 11.1.